The van der Waals surface area contributed by atoms with Gasteiger partial charge in [-0.1, -0.05) is 35.5 Å². The molecule has 0 radical (unpaired) electrons. The van der Waals surface area contributed by atoms with Gasteiger partial charge in [-0.15, -0.1) is 5.10 Å². The average molecular weight is 293 g/mol. The molecule has 110 valence electrons. The Morgan fingerprint density at radius 2 is 1.82 bits per heavy atom. The van der Waals surface area contributed by atoms with Crippen LogP contribution in [0.5, 0.6) is 5.75 Å². The lowest BCUT2D eigenvalue weighted by Crippen LogP contribution is -2.02. The summed E-state index contributed by atoms with van der Waals surface area (Å²) >= 11 is 0. The van der Waals surface area contributed by atoms with Crippen molar-refractivity contribution in [1.82, 2.24) is 15.0 Å². The fourth-order valence-electron chi connectivity index (χ4n) is 2.25. The highest BCUT2D eigenvalue weighted by Gasteiger charge is 2.12. The number of benzene rings is 2. The first-order valence-corrected chi connectivity index (χ1v) is 6.91. The molecule has 0 saturated carbocycles. The van der Waals surface area contributed by atoms with E-state index in [4.69, 9.17) is 4.74 Å². The largest absolute Gasteiger partial charge is 0.426 e. The molecule has 1 aromatic heterocycles. The van der Waals surface area contributed by atoms with E-state index < -0.39 is 0 Å². The lowest BCUT2D eigenvalue weighted by molar-refractivity contribution is -0.131. The Bertz CT molecular complexity index is 824. The van der Waals surface area contributed by atoms with Crippen LogP contribution in [0, 0.1) is 6.92 Å². The van der Waals surface area contributed by atoms with Gasteiger partial charge in [0.1, 0.15) is 11.4 Å². The Labute approximate surface area is 128 Å². The van der Waals surface area contributed by atoms with Crippen molar-refractivity contribution >= 4 is 5.97 Å². The molecule has 0 amide bonds. The Hall–Kier alpha value is -2.95. The van der Waals surface area contributed by atoms with Crippen LogP contribution in [0.1, 0.15) is 12.5 Å². The SMILES string of the molecule is CC(=O)Oc1ccccc1-c1cn(-c2ccccc2C)nn1. The first-order valence-electron chi connectivity index (χ1n) is 6.91. The molecule has 5 nitrogen and oxygen atoms in total. The van der Waals surface area contributed by atoms with Crippen molar-refractivity contribution < 1.29 is 9.53 Å². The van der Waals surface area contributed by atoms with Crippen molar-refractivity contribution in [2.45, 2.75) is 13.8 Å². The third kappa shape index (κ3) is 2.74. The van der Waals surface area contributed by atoms with E-state index in [9.17, 15) is 4.79 Å². The minimum Gasteiger partial charge on any atom is -0.426 e. The van der Waals surface area contributed by atoms with Gasteiger partial charge in [0, 0.05) is 12.5 Å². The van der Waals surface area contributed by atoms with E-state index >= 15 is 0 Å². The van der Waals surface area contributed by atoms with Gasteiger partial charge in [-0.3, -0.25) is 4.79 Å². The first kappa shape index (κ1) is 14.0. The van der Waals surface area contributed by atoms with Crippen LogP contribution in [0.25, 0.3) is 16.9 Å². The summed E-state index contributed by atoms with van der Waals surface area (Å²) in [6.07, 6.45) is 1.82. The van der Waals surface area contributed by atoms with Crippen LogP contribution < -0.4 is 4.74 Å². The van der Waals surface area contributed by atoms with Gasteiger partial charge in [-0.25, -0.2) is 4.68 Å². The molecule has 5 heteroatoms. The second-order valence-electron chi connectivity index (χ2n) is 4.92. The number of carbonyl (C=O) groups is 1. The highest BCUT2D eigenvalue weighted by molar-refractivity contribution is 5.75. The zero-order chi connectivity index (χ0) is 15.5. The van der Waals surface area contributed by atoms with Crippen LogP contribution in [-0.2, 0) is 4.79 Å². The van der Waals surface area contributed by atoms with Gasteiger partial charge in [-0.05, 0) is 30.7 Å². The van der Waals surface area contributed by atoms with Gasteiger partial charge in [-0.2, -0.15) is 0 Å². The summed E-state index contributed by atoms with van der Waals surface area (Å²) in [5.74, 6) is 0.116. The maximum absolute atomic E-state index is 11.2. The fraction of sp³-hybridized carbons (Fsp3) is 0.118. The van der Waals surface area contributed by atoms with Gasteiger partial charge in [0.15, 0.2) is 0 Å². The van der Waals surface area contributed by atoms with Gasteiger partial charge >= 0.3 is 5.97 Å². The first-order chi connectivity index (χ1) is 10.6. The van der Waals surface area contributed by atoms with Crippen LogP contribution in [0.2, 0.25) is 0 Å². The summed E-state index contributed by atoms with van der Waals surface area (Å²) in [7, 11) is 0. The minimum atomic E-state index is -0.362. The topological polar surface area (TPSA) is 57.0 Å². The smallest absolute Gasteiger partial charge is 0.308 e. The molecule has 1 heterocycles. The van der Waals surface area contributed by atoms with E-state index in [0.717, 1.165) is 16.8 Å². The van der Waals surface area contributed by atoms with Gasteiger partial charge < -0.3 is 4.74 Å². The molecule has 0 atom stereocenters. The molecule has 0 saturated heterocycles. The standard InChI is InChI=1S/C17H15N3O2/c1-12-7-3-5-9-16(12)20-11-15(18-19-20)14-8-4-6-10-17(14)22-13(2)21/h3-11H,1-2H3. The average Bonchev–Trinajstić information content (AvgIpc) is 2.97. The molecular weight excluding hydrogens is 278 g/mol. The third-order valence-corrected chi connectivity index (χ3v) is 3.27. The normalized spacial score (nSPS) is 10.5. The van der Waals surface area contributed by atoms with Crippen molar-refractivity contribution in [2.75, 3.05) is 0 Å². The Morgan fingerprint density at radius 3 is 2.59 bits per heavy atom. The number of aryl methyl sites for hydroxylation is 1. The summed E-state index contributed by atoms with van der Waals surface area (Å²) in [6, 6.07) is 15.2. The molecule has 0 aliphatic heterocycles. The number of nitrogens with zero attached hydrogens (tertiary/aromatic N) is 3. The van der Waals surface area contributed by atoms with Gasteiger partial charge in [0.05, 0.1) is 11.9 Å². The van der Waals surface area contributed by atoms with Gasteiger partial charge in [0.2, 0.25) is 0 Å². The number of hydrogen-bond donors (Lipinski definition) is 0. The van der Waals surface area contributed by atoms with Crippen molar-refractivity contribution in [2.24, 2.45) is 0 Å². The second-order valence-corrected chi connectivity index (χ2v) is 4.92. The van der Waals surface area contributed by atoms with Crippen molar-refractivity contribution in [1.29, 1.82) is 0 Å². The molecule has 2 aromatic carbocycles. The summed E-state index contributed by atoms with van der Waals surface area (Å²) in [5, 5.41) is 8.36. The summed E-state index contributed by atoms with van der Waals surface area (Å²) in [4.78, 5) is 11.2. The zero-order valence-corrected chi connectivity index (χ0v) is 12.4. The highest BCUT2D eigenvalue weighted by atomic mass is 16.5. The van der Waals surface area contributed by atoms with E-state index in [1.807, 2.05) is 55.6 Å². The van der Waals surface area contributed by atoms with Crippen LogP contribution in [0.3, 0.4) is 0 Å². The molecule has 0 spiro atoms. The van der Waals surface area contributed by atoms with Crippen LogP contribution in [-0.4, -0.2) is 21.0 Å². The molecular formula is C17H15N3O2. The summed E-state index contributed by atoms with van der Waals surface area (Å²) < 4.78 is 6.94. The number of esters is 1. The maximum Gasteiger partial charge on any atom is 0.308 e. The predicted octanol–water partition coefficient (Wildman–Crippen LogP) is 3.17. The predicted molar refractivity (Wildman–Crippen MR) is 82.8 cm³/mol. The number of rotatable bonds is 3. The lowest BCUT2D eigenvalue weighted by atomic mass is 10.1. The Kier molecular flexibility index (Phi) is 3.70. The molecule has 0 bridgehead atoms. The lowest BCUT2D eigenvalue weighted by Gasteiger charge is -2.06. The zero-order valence-electron chi connectivity index (χ0n) is 12.4. The molecule has 0 aliphatic rings. The number of hydrogen-bond acceptors (Lipinski definition) is 4. The van der Waals surface area contributed by atoms with E-state index in [1.54, 1.807) is 10.7 Å². The third-order valence-electron chi connectivity index (χ3n) is 3.27. The monoisotopic (exact) mass is 293 g/mol. The van der Waals surface area contributed by atoms with E-state index in [2.05, 4.69) is 10.3 Å². The Morgan fingerprint density at radius 1 is 1.09 bits per heavy atom. The number of aromatic nitrogens is 3. The molecule has 3 rings (SSSR count). The van der Waals surface area contributed by atoms with Gasteiger partial charge in [0.25, 0.3) is 0 Å². The van der Waals surface area contributed by atoms with Crippen LogP contribution in [0.4, 0.5) is 0 Å². The van der Waals surface area contributed by atoms with E-state index in [-0.39, 0.29) is 5.97 Å². The molecule has 22 heavy (non-hydrogen) atoms. The molecule has 3 aromatic rings. The number of para-hydroxylation sites is 2. The van der Waals surface area contributed by atoms with E-state index in [0.29, 0.717) is 11.4 Å². The second kappa shape index (κ2) is 5.81. The number of carbonyl (C=O) groups excluding carboxylic acids is 1. The maximum atomic E-state index is 11.2. The summed E-state index contributed by atoms with van der Waals surface area (Å²) in [6.45, 7) is 3.39. The van der Waals surface area contributed by atoms with Crippen LogP contribution in [0.15, 0.2) is 54.7 Å². The van der Waals surface area contributed by atoms with E-state index in [1.165, 1.54) is 6.92 Å². The van der Waals surface area contributed by atoms with Crippen molar-refractivity contribution in [3.8, 4) is 22.7 Å². The van der Waals surface area contributed by atoms with Crippen molar-refractivity contribution in [3.63, 3.8) is 0 Å². The Balaban J connectivity index is 2.02. The van der Waals surface area contributed by atoms with Crippen LogP contribution >= 0.6 is 0 Å². The highest BCUT2D eigenvalue weighted by Crippen LogP contribution is 2.28. The number of ether oxygens (including phenoxy) is 1. The molecule has 0 N–H and O–H groups in total. The quantitative estimate of drug-likeness (QED) is 0.550. The minimum absolute atomic E-state index is 0.362. The molecule has 0 fully saturated rings. The molecule has 0 aliphatic carbocycles. The summed E-state index contributed by atoms with van der Waals surface area (Å²) in [5.41, 5.74) is 3.45. The molecule has 0 unspecified atom stereocenters. The van der Waals surface area contributed by atoms with Crippen molar-refractivity contribution in [3.05, 3.63) is 60.3 Å². The fourth-order valence-corrected chi connectivity index (χ4v) is 2.25.